The van der Waals surface area contributed by atoms with Crippen molar-refractivity contribution in [3.8, 4) is 0 Å². The van der Waals surface area contributed by atoms with E-state index in [1.165, 1.54) is 0 Å². The molecule has 0 bridgehead atoms. The van der Waals surface area contributed by atoms with Crippen molar-refractivity contribution in [1.29, 1.82) is 0 Å². The number of hydrogen-bond donors (Lipinski definition) is 0. The van der Waals surface area contributed by atoms with Gasteiger partial charge >= 0.3 is 5.97 Å². The van der Waals surface area contributed by atoms with E-state index in [0.29, 0.717) is 17.2 Å². The van der Waals surface area contributed by atoms with Gasteiger partial charge < -0.3 is 9.15 Å². The van der Waals surface area contributed by atoms with Crippen molar-refractivity contribution < 1.29 is 13.9 Å². The largest absolute Gasteiger partial charge is 0.461 e. The second-order valence-electron chi connectivity index (χ2n) is 2.09. The van der Waals surface area contributed by atoms with Gasteiger partial charge in [-0.2, -0.15) is 4.98 Å². The first-order valence-corrected chi connectivity index (χ1v) is 4.24. The van der Waals surface area contributed by atoms with Crippen molar-refractivity contribution in [3.05, 3.63) is 16.3 Å². The molecule has 0 radical (unpaired) electrons. The number of rotatable bonds is 2. The second kappa shape index (κ2) is 3.71. The van der Waals surface area contributed by atoms with Crippen LogP contribution in [-0.4, -0.2) is 17.6 Å². The van der Waals surface area contributed by atoms with Gasteiger partial charge in [0, 0.05) is 15.9 Å². The van der Waals surface area contributed by atoms with Gasteiger partial charge in [0.05, 0.1) is 6.61 Å². The highest BCUT2D eigenvalue weighted by Gasteiger charge is 2.16. The molecule has 0 aliphatic heterocycles. The predicted octanol–water partition coefficient (Wildman–Crippen LogP) is 1.92. The smallest absolute Gasteiger partial charge is 0.360 e. The summed E-state index contributed by atoms with van der Waals surface area (Å²) in [5.74, 6) is 0.00442. The predicted molar refractivity (Wildman–Crippen MR) is 44.9 cm³/mol. The molecule has 0 N–H and O–H groups in total. The normalized spacial score (nSPS) is 9.92. The van der Waals surface area contributed by atoms with Crippen molar-refractivity contribution in [2.45, 2.75) is 13.8 Å². The third-order valence-corrected chi connectivity index (χ3v) is 1.58. The van der Waals surface area contributed by atoms with Gasteiger partial charge in [0.25, 0.3) is 4.80 Å². The Bertz CT molecular complexity index is 295. The molecule has 0 fully saturated rings. The number of aromatic nitrogens is 1. The van der Waals surface area contributed by atoms with Crippen LogP contribution in [-0.2, 0) is 4.74 Å². The molecule has 5 heteroatoms. The van der Waals surface area contributed by atoms with Gasteiger partial charge in [-0.05, 0) is 13.8 Å². The third kappa shape index (κ3) is 1.85. The Kier molecular flexibility index (Phi) is 2.86. The van der Waals surface area contributed by atoms with Crippen LogP contribution in [0.5, 0.6) is 0 Å². The topological polar surface area (TPSA) is 52.3 Å². The number of aryl methyl sites for hydroxylation is 1. The summed E-state index contributed by atoms with van der Waals surface area (Å²) in [7, 11) is 0. The molecule has 66 valence electrons. The van der Waals surface area contributed by atoms with Crippen LogP contribution >= 0.6 is 15.9 Å². The maximum atomic E-state index is 11.1. The van der Waals surface area contributed by atoms with E-state index in [-0.39, 0.29) is 5.69 Å². The van der Waals surface area contributed by atoms with Crippen molar-refractivity contribution in [2.24, 2.45) is 0 Å². The summed E-state index contributed by atoms with van der Waals surface area (Å²) >= 11 is 3.02. The first kappa shape index (κ1) is 9.25. The van der Waals surface area contributed by atoms with Crippen molar-refractivity contribution in [3.63, 3.8) is 0 Å². The number of esters is 1. The molecule has 0 saturated carbocycles. The number of carbonyl (C=O) groups is 1. The lowest BCUT2D eigenvalue weighted by atomic mass is 10.4. The van der Waals surface area contributed by atoms with Gasteiger partial charge in [0.1, 0.15) is 5.76 Å². The summed E-state index contributed by atoms with van der Waals surface area (Å²) in [6.45, 7) is 3.73. The molecule has 0 saturated heterocycles. The van der Waals surface area contributed by atoms with Gasteiger partial charge in [-0.3, -0.25) is 0 Å². The summed E-state index contributed by atoms with van der Waals surface area (Å²) in [4.78, 5) is 15.2. The van der Waals surface area contributed by atoms with Crippen LogP contribution in [0.2, 0.25) is 0 Å². The molecule has 1 aromatic rings. The maximum Gasteiger partial charge on any atom is 0.360 e. The van der Waals surface area contributed by atoms with Crippen LogP contribution in [0, 0.1) is 6.92 Å². The molecule has 12 heavy (non-hydrogen) atoms. The minimum absolute atomic E-state index is 0.226. The lowest BCUT2D eigenvalue weighted by Crippen LogP contribution is -2.06. The fourth-order valence-corrected chi connectivity index (χ4v) is 1.17. The molecule has 1 rings (SSSR count). The molecule has 0 aliphatic carbocycles. The summed E-state index contributed by atoms with van der Waals surface area (Å²) in [6, 6.07) is 0. The van der Waals surface area contributed by atoms with Crippen molar-refractivity contribution in [2.75, 3.05) is 6.61 Å². The van der Waals surface area contributed by atoms with Crippen LogP contribution in [0.25, 0.3) is 0 Å². The highest BCUT2D eigenvalue weighted by atomic mass is 79.9. The SMILES string of the molecule is CCOC(=O)c1nc(Br)oc1C. The fourth-order valence-electron chi connectivity index (χ4n) is 0.753. The van der Waals surface area contributed by atoms with E-state index in [4.69, 9.17) is 9.15 Å². The highest BCUT2D eigenvalue weighted by molar-refractivity contribution is 9.10. The fraction of sp³-hybridized carbons (Fsp3) is 0.429. The van der Waals surface area contributed by atoms with Gasteiger partial charge in [-0.1, -0.05) is 0 Å². The first-order valence-electron chi connectivity index (χ1n) is 3.45. The first-order chi connectivity index (χ1) is 5.65. The molecule has 0 amide bonds. The van der Waals surface area contributed by atoms with Crippen molar-refractivity contribution in [1.82, 2.24) is 4.98 Å². The van der Waals surface area contributed by atoms with Gasteiger partial charge in [-0.15, -0.1) is 0 Å². The molecule has 0 aromatic carbocycles. The van der Waals surface area contributed by atoms with Crippen LogP contribution < -0.4 is 0 Å². The van der Waals surface area contributed by atoms with E-state index in [0.717, 1.165) is 0 Å². The summed E-state index contributed by atoms with van der Waals surface area (Å²) in [6.07, 6.45) is 0. The second-order valence-corrected chi connectivity index (χ2v) is 2.77. The Morgan fingerprint density at radius 2 is 2.42 bits per heavy atom. The number of nitrogens with zero attached hydrogens (tertiary/aromatic N) is 1. The van der Waals surface area contributed by atoms with Gasteiger partial charge in [-0.25, -0.2) is 4.79 Å². The van der Waals surface area contributed by atoms with Crippen LogP contribution in [0.1, 0.15) is 23.2 Å². The standard InChI is InChI=1S/C7H8BrNO3/c1-3-11-6(10)5-4(2)12-7(8)9-5/h3H2,1-2H3. The minimum atomic E-state index is -0.454. The molecule has 4 nitrogen and oxygen atoms in total. The van der Waals surface area contributed by atoms with Crippen LogP contribution in [0.15, 0.2) is 9.22 Å². The monoisotopic (exact) mass is 233 g/mol. The van der Waals surface area contributed by atoms with Crippen molar-refractivity contribution >= 4 is 21.9 Å². The molecular weight excluding hydrogens is 226 g/mol. The average Bonchev–Trinajstić information content (AvgIpc) is 2.30. The Morgan fingerprint density at radius 3 is 2.83 bits per heavy atom. The lowest BCUT2D eigenvalue weighted by Gasteiger charge is -1.96. The zero-order valence-corrected chi connectivity index (χ0v) is 8.34. The van der Waals surface area contributed by atoms with E-state index < -0.39 is 5.97 Å². The number of halogens is 1. The molecule has 0 aliphatic rings. The third-order valence-electron chi connectivity index (χ3n) is 1.24. The number of hydrogen-bond acceptors (Lipinski definition) is 4. The van der Waals surface area contributed by atoms with E-state index in [9.17, 15) is 4.79 Å². The van der Waals surface area contributed by atoms with E-state index in [1.54, 1.807) is 13.8 Å². The Balaban J connectivity index is 2.87. The summed E-state index contributed by atoms with van der Waals surface area (Å²) in [5, 5.41) is 0. The molecular formula is C7H8BrNO3. The molecule has 0 atom stereocenters. The zero-order chi connectivity index (χ0) is 9.14. The molecule has 1 aromatic heterocycles. The molecule has 0 spiro atoms. The van der Waals surface area contributed by atoms with Crippen LogP contribution in [0.3, 0.4) is 0 Å². The highest BCUT2D eigenvalue weighted by Crippen LogP contribution is 2.15. The number of carbonyl (C=O) groups excluding carboxylic acids is 1. The zero-order valence-electron chi connectivity index (χ0n) is 6.76. The minimum Gasteiger partial charge on any atom is -0.461 e. The lowest BCUT2D eigenvalue weighted by molar-refractivity contribution is 0.0518. The van der Waals surface area contributed by atoms with E-state index >= 15 is 0 Å². The van der Waals surface area contributed by atoms with Gasteiger partial charge in [0.15, 0.2) is 5.69 Å². The molecule has 0 unspecified atom stereocenters. The Morgan fingerprint density at radius 1 is 1.75 bits per heavy atom. The van der Waals surface area contributed by atoms with E-state index in [2.05, 4.69) is 20.9 Å². The summed E-state index contributed by atoms with van der Waals surface area (Å²) in [5.41, 5.74) is 0.226. The average molecular weight is 234 g/mol. The van der Waals surface area contributed by atoms with E-state index in [1.807, 2.05) is 0 Å². The Hall–Kier alpha value is -0.840. The van der Waals surface area contributed by atoms with Gasteiger partial charge in [0.2, 0.25) is 0 Å². The Labute approximate surface area is 78.0 Å². The van der Waals surface area contributed by atoms with Crippen LogP contribution in [0.4, 0.5) is 0 Å². The number of oxazole rings is 1. The quantitative estimate of drug-likeness (QED) is 0.733. The molecule has 1 heterocycles. The summed E-state index contributed by atoms with van der Waals surface area (Å²) < 4.78 is 9.73. The number of ether oxygens (including phenoxy) is 1. The maximum absolute atomic E-state index is 11.1.